The highest BCUT2D eigenvalue weighted by atomic mass is 31.2. The molecular formula is C50H96NO7P. The lowest BCUT2D eigenvalue weighted by atomic mass is 10.0. The number of ether oxygens (including phenoxy) is 2. The summed E-state index contributed by atoms with van der Waals surface area (Å²) in [6.45, 7) is 4.74. The van der Waals surface area contributed by atoms with Gasteiger partial charge in [0.1, 0.15) is 19.8 Å². The Bertz CT molecular complexity index is 1040. The number of hydrogen-bond acceptors (Lipinski definition) is 7. The zero-order chi connectivity index (χ0) is 43.4. The third-order valence-corrected chi connectivity index (χ3v) is 11.7. The zero-order valence-electron chi connectivity index (χ0n) is 39.5. The molecule has 0 bridgehead atoms. The van der Waals surface area contributed by atoms with Crippen molar-refractivity contribution in [1.82, 2.24) is 0 Å². The standard InChI is InChI=1S/C50H96NO7P/c1-6-8-10-12-14-16-18-20-22-24-26-27-29-31-33-35-37-39-41-43-50(52)58-49(48-57-59(53,54)56-46-44-51(3,4)5)47-55-45-42-40-38-36-34-32-30-28-25-23-21-19-17-15-13-11-9-7-2/h14,16,20,22,42,45,49H,6-13,15,17-19,21,23-41,43-44,46-48H2,1-5H3/b16-14-,22-20-,45-42-/t49-/m1/s1. The Morgan fingerprint density at radius 2 is 0.949 bits per heavy atom. The smallest absolute Gasteiger partial charge is 0.306 e. The number of unbranched alkanes of at least 4 members (excludes halogenated alkanes) is 28. The zero-order valence-corrected chi connectivity index (χ0v) is 40.4. The van der Waals surface area contributed by atoms with Crippen LogP contribution in [0.1, 0.15) is 226 Å². The lowest BCUT2D eigenvalue weighted by molar-refractivity contribution is -0.870. The van der Waals surface area contributed by atoms with Crippen molar-refractivity contribution in [3.63, 3.8) is 0 Å². The summed E-state index contributed by atoms with van der Waals surface area (Å²) in [5, 5.41) is 0. The lowest BCUT2D eigenvalue weighted by Gasteiger charge is -2.28. The van der Waals surface area contributed by atoms with Gasteiger partial charge in [0.25, 0.3) is 7.82 Å². The van der Waals surface area contributed by atoms with Gasteiger partial charge in [-0.15, -0.1) is 0 Å². The summed E-state index contributed by atoms with van der Waals surface area (Å²) in [7, 11) is 1.33. The second-order valence-corrected chi connectivity index (χ2v) is 19.3. The van der Waals surface area contributed by atoms with Gasteiger partial charge in [-0.3, -0.25) is 9.36 Å². The summed E-state index contributed by atoms with van der Waals surface area (Å²) in [4.78, 5) is 25.1. The van der Waals surface area contributed by atoms with Gasteiger partial charge in [0.05, 0.1) is 34.0 Å². The van der Waals surface area contributed by atoms with Crippen LogP contribution in [0.2, 0.25) is 0 Å². The number of carbonyl (C=O) groups excluding carboxylic acids is 1. The van der Waals surface area contributed by atoms with Crippen LogP contribution < -0.4 is 4.89 Å². The first kappa shape index (κ1) is 57.6. The van der Waals surface area contributed by atoms with Crippen molar-refractivity contribution >= 4 is 13.8 Å². The number of likely N-dealkylation sites (N-methyl/N-ethyl adjacent to an activating group) is 1. The van der Waals surface area contributed by atoms with Crippen LogP contribution in [-0.4, -0.2) is 64.1 Å². The van der Waals surface area contributed by atoms with Gasteiger partial charge in [-0.1, -0.05) is 192 Å². The van der Waals surface area contributed by atoms with Gasteiger partial charge in [0.15, 0.2) is 6.10 Å². The van der Waals surface area contributed by atoms with E-state index >= 15 is 0 Å². The predicted octanol–water partition coefficient (Wildman–Crippen LogP) is 14.7. The maximum Gasteiger partial charge on any atom is 0.306 e. The van der Waals surface area contributed by atoms with Gasteiger partial charge >= 0.3 is 5.97 Å². The van der Waals surface area contributed by atoms with E-state index in [1.54, 1.807) is 6.26 Å². The van der Waals surface area contributed by atoms with Crippen LogP contribution in [0.25, 0.3) is 0 Å². The number of nitrogens with zero attached hydrogens (tertiary/aromatic N) is 1. The number of phosphoric ester groups is 1. The second kappa shape index (κ2) is 43.2. The first-order valence-corrected chi connectivity index (χ1v) is 26.2. The second-order valence-electron chi connectivity index (χ2n) is 17.9. The van der Waals surface area contributed by atoms with Crippen LogP contribution in [0.4, 0.5) is 0 Å². The molecule has 0 aromatic carbocycles. The van der Waals surface area contributed by atoms with E-state index in [9.17, 15) is 14.3 Å². The molecule has 2 atom stereocenters. The average Bonchev–Trinajstić information content (AvgIpc) is 3.19. The topological polar surface area (TPSA) is 94.1 Å². The van der Waals surface area contributed by atoms with Crippen molar-refractivity contribution in [3.05, 3.63) is 36.6 Å². The normalized spacial score (nSPS) is 13.9. The Morgan fingerprint density at radius 1 is 0.542 bits per heavy atom. The third-order valence-electron chi connectivity index (χ3n) is 10.8. The molecule has 348 valence electrons. The van der Waals surface area contributed by atoms with E-state index in [4.69, 9.17) is 18.5 Å². The fraction of sp³-hybridized carbons (Fsp3) is 0.860. The largest absolute Gasteiger partial charge is 0.756 e. The predicted molar refractivity (Wildman–Crippen MR) is 249 cm³/mol. The maximum absolute atomic E-state index is 12.7. The summed E-state index contributed by atoms with van der Waals surface area (Å²) in [6, 6.07) is 0. The minimum atomic E-state index is -4.54. The van der Waals surface area contributed by atoms with Crippen LogP contribution >= 0.6 is 7.82 Å². The van der Waals surface area contributed by atoms with Crippen LogP contribution in [0.5, 0.6) is 0 Å². The molecule has 0 N–H and O–H groups in total. The molecule has 0 radical (unpaired) electrons. The molecule has 0 heterocycles. The first-order valence-electron chi connectivity index (χ1n) is 24.8. The number of rotatable bonds is 46. The highest BCUT2D eigenvalue weighted by Crippen LogP contribution is 2.38. The monoisotopic (exact) mass is 854 g/mol. The van der Waals surface area contributed by atoms with Gasteiger partial charge in [-0.05, 0) is 57.4 Å². The minimum absolute atomic E-state index is 0.0164. The summed E-state index contributed by atoms with van der Waals surface area (Å²) >= 11 is 0. The van der Waals surface area contributed by atoms with Crippen molar-refractivity contribution in [1.29, 1.82) is 0 Å². The van der Waals surface area contributed by atoms with Crippen LogP contribution in [0, 0.1) is 0 Å². The number of carbonyl (C=O) groups is 1. The van der Waals surface area contributed by atoms with E-state index in [1.165, 1.54) is 167 Å². The van der Waals surface area contributed by atoms with Crippen LogP contribution in [-0.2, 0) is 27.9 Å². The summed E-state index contributed by atoms with van der Waals surface area (Å²) in [6.07, 6.45) is 52.5. The van der Waals surface area contributed by atoms with E-state index in [2.05, 4.69) is 38.2 Å². The Morgan fingerprint density at radius 3 is 1.42 bits per heavy atom. The van der Waals surface area contributed by atoms with Gasteiger partial charge in [0.2, 0.25) is 0 Å². The van der Waals surface area contributed by atoms with Gasteiger partial charge in [-0.25, -0.2) is 0 Å². The van der Waals surface area contributed by atoms with E-state index in [0.29, 0.717) is 17.4 Å². The lowest BCUT2D eigenvalue weighted by Crippen LogP contribution is -2.37. The molecule has 0 aromatic heterocycles. The van der Waals surface area contributed by atoms with Crippen molar-refractivity contribution in [2.75, 3.05) is 47.5 Å². The highest BCUT2D eigenvalue weighted by Gasteiger charge is 2.20. The Kier molecular flexibility index (Phi) is 42.2. The minimum Gasteiger partial charge on any atom is -0.756 e. The third kappa shape index (κ3) is 47.5. The Balaban J connectivity index is 4.20. The number of phosphoric acid groups is 1. The molecule has 1 unspecified atom stereocenters. The van der Waals surface area contributed by atoms with Gasteiger partial charge in [-0.2, -0.15) is 0 Å². The van der Waals surface area contributed by atoms with Crippen LogP contribution in [0.15, 0.2) is 36.6 Å². The van der Waals surface area contributed by atoms with Crippen LogP contribution in [0.3, 0.4) is 0 Å². The number of quaternary nitrogens is 1. The van der Waals surface area contributed by atoms with E-state index in [-0.39, 0.29) is 25.8 Å². The molecule has 8 nitrogen and oxygen atoms in total. The quantitative estimate of drug-likeness (QED) is 0.0150. The van der Waals surface area contributed by atoms with E-state index in [1.807, 2.05) is 27.2 Å². The van der Waals surface area contributed by atoms with E-state index in [0.717, 1.165) is 38.5 Å². The summed E-state index contributed by atoms with van der Waals surface area (Å²) in [5.41, 5.74) is 0. The number of esters is 1. The fourth-order valence-electron chi connectivity index (χ4n) is 6.90. The first-order chi connectivity index (χ1) is 28.6. The van der Waals surface area contributed by atoms with E-state index < -0.39 is 13.9 Å². The summed E-state index contributed by atoms with van der Waals surface area (Å²) in [5.74, 6) is -0.358. The van der Waals surface area contributed by atoms with Crippen molar-refractivity contribution in [2.45, 2.75) is 232 Å². The Labute approximate surface area is 365 Å². The van der Waals surface area contributed by atoms with Crippen molar-refractivity contribution < 1.29 is 37.3 Å². The van der Waals surface area contributed by atoms with Gasteiger partial charge in [0, 0.05) is 6.42 Å². The molecule has 9 heteroatoms. The molecule has 0 aliphatic rings. The van der Waals surface area contributed by atoms with Gasteiger partial charge < -0.3 is 27.9 Å². The highest BCUT2D eigenvalue weighted by molar-refractivity contribution is 7.45. The Hall–Kier alpha value is -1.44. The molecule has 0 spiro atoms. The molecule has 0 fully saturated rings. The maximum atomic E-state index is 12.7. The van der Waals surface area contributed by atoms with Crippen molar-refractivity contribution in [2.24, 2.45) is 0 Å². The summed E-state index contributed by atoms with van der Waals surface area (Å²) < 4.78 is 34.5. The molecule has 0 aliphatic carbocycles. The molecule has 59 heavy (non-hydrogen) atoms. The molecule has 0 amide bonds. The molecule has 0 aliphatic heterocycles. The molecule has 0 saturated heterocycles. The fourth-order valence-corrected chi connectivity index (χ4v) is 7.62. The molecule has 0 rings (SSSR count). The SMILES string of the molecule is CCCCC/C=C\C/C=C\CCCCCCCCCCCC(=O)O[C@H](CO/C=C\CCCCCCCCCCCCCCCCCC)COP(=O)([O-])OCC[N+](C)(C)C. The number of allylic oxidation sites excluding steroid dienone is 5. The van der Waals surface area contributed by atoms with Crippen molar-refractivity contribution in [3.8, 4) is 0 Å². The number of hydrogen-bond donors (Lipinski definition) is 0. The molecule has 0 aromatic rings. The molecular weight excluding hydrogens is 758 g/mol. The average molecular weight is 854 g/mol. The molecule has 0 saturated carbocycles.